The molecule has 0 radical (unpaired) electrons. The van der Waals surface area contributed by atoms with Crippen molar-refractivity contribution in [2.75, 3.05) is 13.7 Å². The van der Waals surface area contributed by atoms with Crippen molar-refractivity contribution in [3.63, 3.8) is 0 Å². The number of hydrogen-bond acceptors (Lipinski definition) is 3. The van der Waals surface area contributed by atoms with E-state index in [4.69, 9.17) is 4.74 Å². The molecule has 2 atom stereocenters. The maximum absolute atomic E-state index is 5.65. The van der Waals surface area contributed by atoms with Gasteiger partial charge in [-0.15, -0.1) is 0 Å². The molecule has 16 heavy (non-hydrogen) atoms. The van der Waals surface area contributed by atoms with Gasteiger partial charge in [0.1, 0.15) is 0 Å². The Balaban J connectivity index is 2.15. The summed E-state index contributed by atoms with van der Waals surface area (Å²) in [4.78, 5) is 4.19. The molecule has 0 bridgehead atoms. The maximum Gasteiger partial charge on any atom is 0.0794 e. The summed E-state index contributed by atoms with van der Waals surface area (Å²) >= 11 is 0. The Hall–Kier alpha value is -0.930. The number of nitrogens with zero attached hydrogens (tertiary/aromatic N) is 1. The monoisotopic (exact) mass is 220 g/mol. The van der Waals surface area contributed by atoms with Crippen LogP contribution in [0.2, 0.25) is 0 Å². The van der Waals surface area contributed by atoms with Gasteiger partial charge < -0.3 is 10.1 Å². The zero-order chi connectivity index (χ0) is 11.4. The molecule has 0 saturated heterocycles. The fourth-order valence-corrected chi connectivity index (χ4v) is 2.23. The molecule has 0 amide bonds. The number of pyridine rings is 1. The summed E-state index contributed by atoms with van der Waals surface area (Å²) in [7, 11) is 1.81. The molecule has 1 fully saturated rings. The van der Waals surface area contributed by atoms with E-state index < -0.39 is 0 Å². The van der Waals surface area contributed by atoms with Crippen LogP contribution in [0, 0.1) is 5.92 Å². The van der Waals surface area contributed by atoms with Crippen LogP contribution in [0.25, 0.3) is 0 Å². The molecule has 1 N–H and O–H groups in total. The number of methoxy groups -OCH3 is 1. The summed E-state index contributed by atoms with van der Waals surface area (Å²) in [5.74, 6) is 0.717. The molecule has 1 aliphatic carbocycles. The Morgan fingerprint density at radius 3 is 2.88 bits per heavy atom. The minimum Gasteiger partial charge on any atom is -0.379 e. The standard InChI is InChI=1S/C13H20N2O/c1-3-15-12(11-5-4-8-14-9-11)13(16-2)10-6-7-10/h4-5,8-10,12-13,15H,3,6-7H2,1-2H3. The van der Waals surface area contributed by atoms with Gasteiger partial charge in [-0.1, -0.05) is 13.0 Å². The predicted octanol–water partition coefficient (Wildman–Crippen LogP) is 2.16. The Kier molecular flexibility index (Phi) is 3.91. The Labute approximate surface area is 97.2 Å². The highest BCUT2D eigenvalue weighted by Crippen LogP contribution is 2.39. The van der Waals surface area contributed by atoms with Gasteiger partial charge in [0, 0.05) is 19.5 Å². The third kappa shape index (κ3) is 2.60. The number of nitrogens with one attached hydrogen (secondary N) is 1. The van der Waals surface area contributed by atoms with Crippen LogP contribution >= 0.6 is 0 Å². The SMILES string of the molecule is CCNC(c1cccnc1)C(OC)C1CC1. The number of aromatic nitrogens is 1. The second-order valence-corrected chi connectivity index (χ2v) is 4.36. The number of ether oxygens (including phenoxy) is 1. The fourth-order valence-electron chi connectivity index (χ4n) is 2.23. The molecule has 1 aromatic rings. The Bertz CT molecular complexity index is 311. The lowest BCUT2D eigenvalue weighted by Gasteiger charge is -2.26. The maximum atomic E-state index is 5.65. The van der Waals surface area contributed by atoms with Crippen LogP contribution < -0.4 is 5.32 Å². The van der Waals surface area contributed by atoms with Crippen LogP contribution in [-0.2, 0) is 4.74 Å². The molecule has 88 valence electrons. The summed E-state index contributed by atoms with van der Waals surface area (Å²) in [6, 6.07) is 4.38. The first-order valence-corrected chi connectivity index (χ1v) is 6.03. The summed E-state index contributed by atoms with van der Waals surface area (Å²) in [6.07, 6.45) is 6.61. The van der Waals surface area contributed by atoms with Crippen LogP contribution in [0.3, 0.4) is 0 Å². The van der Waals surface area contributed by atoms with E-state index >= 15 is 0 Å². The van der Waals surface area contributed by atoms with Crippen molar-refractivity contribution in [3.8, 4) is 0 Å². The molecule has 0 spiro atoms. The van der Waals surface area contributed by atoms with Gasteiger partial charge in [-0.05, 0) is 36.9 Å². The zero-order valence-electron chi connectivity index (χ0n) is 10.0. The molecular weight excluding hydrogens is 200 g/mol. The van der Waals surface area contributed by atoms with E-state index in [-0.39, 0.29) is 12.1 Å². The van der Waals surface area contributed by atoms with Crippen molar-refractivity contribution in [1.82, 2.24) is 10.3 Å². The van der Waals surface area contributed by atoms with Gasteiger partial charge in [0.15, 0.2) is 0 Å². The average molecular weight is 220 g/mol. The molecule has 3 heteroatoms. The van der Waals surface area contributed by atoms with E-state index in [2.05, 4.69) is 23.3 Å². The van der Waals surface area contributed by atoms with Gasteiger partial charge in [-0.25, -0.2) is 0 Å². The summed E-state index contributed by atoms with van der Waals surface area (Å²) in [6.45, 7) is 3.08. The average Bonchev–Trinajstić information content (AvgIpc) is 3.15. The molecular formula is C13H20N2O. The van der Waals surface area contributed by atoms with Gasteiger partial charge in [-0.2, -0.15) is 0 Å². The first kappa shape index (κ1) is 11.6. The van der Waals surface area contributed by atoms with Crippen molar-refractivity contribution in [1.29, 1.82) is 0 Å². The smallest absolute Gasteiger partial charge is 0.0794 e. The zero-order valence-corrected chi connectivity index (χ0v) is 10.0. The van der Waals surface area contributed by atoms with Crippen molar-refractivity contribution >= 4 is 0 Å². The molecule has 1 aromatic heterocycles. The van der Waals surface area contributed by atoms with Crippen molar-refractivity contribution < 1.29 is 4.74 Å². The fraction of sp³-hybridized carbons (Fsp3) is 0.615. The van der Waals surface area contributed by atoms with Gasteiger partial charge in [-0.3, -0.25) is 4.98 Å². The van der Waals surface area contributed by atoms with E-state index in [1.54, 1.807) is 0 Å². The third-order valence-electron chi connectivity index (χ3n) is 3.15. The molecule has 2 unspecified atom stereocenters. The Morgan fingerprint density at radius 2 is 2.38 bits per heavy atom. The minimum atomic E-state index is 0.274. The first-order chi connectivity index (χ1) is 7.86. The molecule has 2 rings (SSSR count). The number of likely N-dealkylation sites (N-methyl/N-ethyl adjacent to an activating group) is 1. The molecule has 1 saturated carbocycles. The van der Waals surface area contributed by atoms with Crippen LogP contribution in [-0.4, -0.2) is 24.7 Å². The number of rotatable bonds is 6. The van der Waals surface area contributed by atoms with E-state index in [0.29, 0.717) is 5.92 Å². The van der Waals surface area contributed by atoms with Gasteiger partial charge in [0.05, 0.1) is 12.1 Å². The molecule has 0 aromatic carbocycles. The van der Waals surface area contributed by atoms with E-state index in [1.165, 1.54) is 18.4 Å². The van der Waals surface area contributed by atoms with Crippen LogP contribution in [0.4, 0.5) is 0 Å². The van der Waals surface area contributed by atoms with Gasteiger partial charge in [0.2, 0.25) is 0 Å². The Morgan fingerprint density at radius 1 is 1.56 bits per heavy atom. The third-order valence-corrected chi connectivity index (χ3v) is 3.15. The van der Waals surface area contributed by atoms with E-state index in [0.717, 1.165) is 6.54 Å². The first-order valence-electron chi connectivity index (χ1n) is 6.03. The van der Waals surface area contributed by atoms with E-state index in [1.807, 2.05) is 25.6 Å². The molecule has 1 aliphatic rings. The van der Waals surface area contributed by atoms with Crippen LogP contribution in [0.5, 0.6) is 0 Å². The highest BCUT2D eigenvalue weighted by atomic mass is 16.5. The summed E-state index contributed by atoms with van der Waals surface area (Å²) in [5.41, 5.74) is 1.23. The summed E-state index contributed by atoms with van der Waals surface area (Å²) < 4.78 is 5.65. The largest absolute Gasteiger partial charge is 0.379 e. The van der Waals surface area contributed by atoms with Gasteiger partial charge in [0.25, 0.3) is 0 Å². The van der Waals surface area contributed by atoms with Crippen LogP contribution in [0.1, 0.15) is 31.4 Å². The minimum absolute atomic E-state index is 0.274. The molecule has 0 aliphatic heterocycles. The van der Waals surface area contributed by atoms with Crippen LogP contribution in [0.15, 0.2) is 24.5 Å². The lowest BCUT2D eigenvalue weighted by atomic mass is 9.99. The lowest BCUT2D eigenvalue weighted by Crippen LogP contribution is -2.34. The molecule has 1 heterocycles. The quantitative estimate of drug-likeness (QED) is 0.797. The topological polar surface area (TPSA) is 34.2 Å². The van der Waals surface area contributed by atoms with Crippen molar-refractivity contribution in [2.45, 2.75) is 31.9 Å². The second kappa shape index (κ2) is 5.41. The summed E-state index contributed by atoms with van der Waals surface area (Å²) in [5, 5.41) is 3.51. The van der Waals surface area contributed by atoms with E-state index in [9.17, 15) is 0 Å². The highest BCUT2D eigenvalue weighted by Gasteiger charge is 2.37. The van der Waals surface area contributed by atoms with Crippen molar-refractivity contribution in [3.05, 3.63) is 30.1 Å². The molecule has 3 nitrogen and oxygen atoms in total. The number of hydrogen-bond donors (Lipinski definition) is 1. The van der Waals surface area contributed by atoms with Crippen molar-refractivity contribution in [2.24, 2.45) is 5.92 Å². The predicted molar refractivity (Wildman–Crippen MR) is 64.2 cm³/mol. The van der Waals surface area contributed by atoms with Gasteiger partial charge >= 0.3 is 0 Å². The lowest BCUT2D eigenvalue weighted by molar-refractivity contribution is 0.0510. The normalized spacial score (nSPS) is 19.4. The highest BCUT2D eigenvalue weighted by molar-refractivity contribution is 5.16. The second-order valence-electron chi connectivity index (χ2n) is 4.36.